The molecule has 1 amide bonds. The number of furan rings is 1. The molecule has 1 saturated heterocycles. The molecule has 2 aromatic rings. The third-order valence-corrected chi connectivity index (χ3v) is 6.30. The van der Waals surface area contributed by atoms with Crippen LogP contribution in [0.4, 0.5) is 0 Å². The zero-order chi connectivity index (χ0) is 20.5. The Balaban J connectivity index is 1.74. The van der Waals surface area contributed by atoms with E-state index in [-0.39, 0.29) is 5.91 Å². The van der Waals surface area contributed by atoms with Gasteiger partial charge < -0.3 is 19.0 Å². The Morgan fingerprint density at radius 1 is 1.21 bits per heavy atom. The number of hydrogen-bond donors (Lipinski definition) is 0. The fraction of sp³-hybridized carbons (Fsp3) is 0.542. The molecule has 5 heteroatoms. The van der Waals surface area contributed by atoms with Gasteiger partial charge in [-0.1, -0.05) is 0 Å². The van der Waals surface area contributed by atoms with E-state index in [0.717, 1.165) is 72.8 Å². The van der Waals surface area contributed by atoms with E-state index in [0.29, 0.717) is 6.61 Å². The van der Waals surface area contributed by atoms with E-state index in [2.05, 4.69) is 24.9 Å². The van der Waals surface area contributed by atoms with Crippen molar-refractivity contribution in [1.82, 2.24) is 9.80 Å². The number of nitrogens with zero attached hydrogens (tertiary/aromatic N) is 2. The van der Waals surface area contributed by atoms with Gasteiger partial charge in [-0.15, -0.1) is 0 Å². The van der Waals surface area contributed by atoms with Gasteiger partial charge in [0.1, 0.15) is 17.1 Å². The summed E-state index contributed by atoms with van der Waals surface area (Å²) in [6.07, 6.45) is 6.26. The number of fused-ring (bicyclic) bond motifs is 3. The Bertz CT molecular complexity index is 949. The predicted octanol–water partition coefficient (Wildman–Crippen LogP) is 4.20. The van der Waals surface area contributed by atoms with E-state index in [1.165, 1.54) is 23.8 Å². The third-order valence-electron chi connectivity index (χ3n) is 6.30. The molecule has 1 aromatic carbocycles. The minimum atomic E-state index is 0.0880. The Morgan fingerprint density at radius 2 is 1.93 bits per heavy atom. The minimum Gasteiger partial charge on any atom is -0.493 e. The van der Waals surface area contributed by atoms with Crippen LogP contribution >= 0.6 is 0 Å². The molecule has 0 radical (unpaired) electrons. The van der Waals surface area contributed by atoms with Gasteiger partial charge in [0.2, 0.25) is 5.91 Å². The number of allylic oxidation sites excluding steroid dienone is 1. The first-order valence-corrected chi connectivity index (χ1v) is 10.9. The summed E-state index contributed by atoms with van der Waals surface area (Å²) in [5.74, 6) is 2.06. The molecule has 1 aliphatic carbocycles. The zero-order valence-electron chi connectivity index (χ0n) is 18.1. The van der Waals surface area contributed by atoms with Crippen LogP contribution in [-0.4, -0.2) is 55.5 Å². The average Bonchev–Trinajstić information content (AvgIpc) is 3.09. The summed E-state index contributed by atoms with van der Waals surface area (Å²) in [6, 6.07) is 2.18. The van der Waals surface area contributed by atoms with Crippen molar-refractivity contribution in [2.24, 2.45) is 0 Å². The van der Waals surface area contributed by atoms with Gasteiger partial charge in [-0.05, 0) is 58.7 Å². The number of likely N-dealkylation sites (N-methyl/N-ethyl adjacent to an activating group) is 1. The van der Waals surface area contributed by atoms with E-state index in [4.69, 9.17) is 9.15 Å². The molecular formula is C24H32N2O3. The molecule has 1 aliphatic heterocycles. The molecule has 156 valence electrons. The van der Waals surface area contributed by atoms with Crippen molar-refractivity contribution >= 4 is 22.4 Å². The van der Waals surface area contributed by atoms with E-state index < -0.39 is 0 Å². The number of piperazine rings is 1. The highest BCUT2D eigenvalue weighted by molar-refractivity contribution is 5.98. The van der Waals surface area contributed by atoms with Crippen molar-refractivity contribution in [3.05, 3.63) is 34.6 Å². The summed E-state index contributed by atoms with van der Waals surface area (Å²) >= 11 is 0. The van der Waals surface area contributed by atoms with Crippen LogP contribution in [0.1, 0.15) is 49.1 Å². The second-order valence-electron chi connectivity index (χ2n) is 8.35. The third kappa shape index (κ3) is 3.80. The molecule has 4 rings (SSSR count). The van der Waals surface area contributed by atoms with E-state index >= 15 is 0 Å². The van der Waals surface area contributed by atoms with Crippen LogP contribution in [0, 0.1) is 6.92 Å². The Kier molecular flexibility index (Phi) is 5.68. The predicted molar refractivity (Wildman–Crippen MR) is 116 cm³/mol. The number of carbonyl (C=O) groups is 1. The summed E-state index contributed by atoms with van der Waals surface area (Å²) < 4.78 is 12.3. The standard InChI is InChI=1S/C24H32N2O3/c1-5-28-23-17(3)24-20(18-8-6-7-9-21(18)29-24)15-19(23)16(2)14-22(27)26-12-10-25(4)11-13-26/h14-15H,5-13H2,1-4H3/b16-14+. The van der Waals surface area contributed by atoms with Crippen LogP contribution in [-0.2, 0) is 17.6 Å². The normalized spacial score (nSPS) is 18.2. The van der Waals surface area contributed by atoms with Gasteiger partial charge in [0.15, 0.2) is 0 Å². The highest BCUT2D eigenvalue weighted by atomic mass is 16.5. The van der Waals surface area contributed by atoms with Crippen LogP contribution in [0.3, 0.4) is 0 Å². The lowest BCUT2D eigenvalue weighted by Crippen LogP contribution is -2.46. The summed E-state index contributed by atoms with van der Waals surface area (Å²) in [6.45, 7) is 10.1. The van der Waals surface area contributed by atoms with Gasteiger partial charge in [0.05, 0.1) is 6.61 Å². The highest BCUT2D eigenvalue weighted by Gasteiger charge is 2.24. The van der Waals surface area contributed by atoms with Crippen LogP contribution in [0.5, 0.6) is 5.75 Å². The topological polar surface area (TPSA) is 45.9 Å². The van der Waals surface area contributed by atoms with Crippen molar-refractivity contribution in [2.75, 3.05) is 39.8 Å². The van der Waals surface area contributed by atoms with Gasteiger partial charge in [-0.3, -0.25) is 4.79 Å². The second-order valence-corrected chi connectivity index (χ2v) is 8.35. The highest BCUT2D eigenvalue weighted by Crippen LogP contribution is 2.41. The molecule has 2 heterocycles. The van der Waals surface area contributed by atoms with Crippen LogP contribution in [0.15, 0.2) is 16.6 Å². The maximum Gasteiger partial charge on any atom is 0.246 e. The van der Waals surface area contributed by atoms with Crippen molar-refractivity contribution in [3.8, 4) is 5.75 Å². The molecule has 1 aromatic heterocycles. The van der Waals surface area contributed by atoms with Gasteiger partial charge in [0, 0.05) is 60.8 Å². The lowest BCUT2D eigenvalue weighted by Gasteiger charge is -2.31. The van der Waals surface area contributed by atoms with Crippen molar-refractivity contribution < 1.29 is 13.9 Å². The first-order chi connectivity index (χ1) is 14.0. The molecule has 0 saturated carbocycles. The number of rotatable bonds is 4. The van der Waals surface area contributed by atoms with E-state index in [1.54, 1.807) is 6.08 Å². The molecule has 29 heavy (non-hydrogen) atoms. The smallest absolute Gasteiger partial charge is 0.246 e. The minimum absolute atomic E-state index is 0.0880. The molecule has 0 bridgehead atoms. The van der Waals surface area contributed by atoms with Crippen molar-refractivity contribution in [3.63, 3.8) is 0 Å². The number of benzene rings is 1. The summed E-state index contributed by atoms with van der Waals surface area (Å²) in [4.78, 5) is 17.1. The number of hydrogen-bond acceptors (Lipinski definition) is 4. The van der Waals surface area contributed by atoms with Gasteiger partial charge in [-0.2, -0.15) is 0 Å². The van der Waals surface area contributed by atoms with Gasteiger partial charge in [0.25, 0.3) is 0 Å². The van der Waals surface area contributed by atoms with Crippen LogP contribution < -0.4 is 4.74 Å². The molecule has 0 atom stereocenters. The Hall–Kier alpha value is -2.27. The van der Waals surface area contributed by atoms with E-state index in [9.17, 15) is 4.79 Å². The number of amides is 1. The van der Waals surface area contributed by atoms with E-state index in [1.807, 2.05) is 18.7 Å². The quantitative estimate of drug-likeness (QED) is 0.727. The maximum atomic E-state index is 12.9. The molecule has 5 nitrogen and oxygen atoms in total. The Labute approximate surface area is 173 Å². The fourth-order valence-electron chi connectivity index (χ4n) is 4.54. The lowest BCUT2D eigenvalue weighted by molar-refractivity contribution is -0.127. The fourth-order valence-corrected chi connectivity index (χ4v) is 4.54. The first kappa shape index (κ1) is 20.0. The SMILES string of the molecule is CCOc1c(/C(C)=C/C(=O)N2CCN(C)CC2)cc2c3c(oc2c1C)CCCC3. The first-order valence-electron chi connectivity index (χ1n) is 10.9. The average molecular weight is 397 g/mol. The summed E-state index contributed by atoms with van der Waals surface area (Å²) in [5.41, 5.74) is 5.29. The number of carbonyl (C=O) groups excluding carboxylic acids is 1. The van der Waals surface area contributed by atoms with Gasteiger partial charge in [-0.25, -0.2) is 0 Å². The van der Waals surface area contributed by atoms with Crippen LogP contribution in [0.2, 0.25) is 0 Å². The second kappa shape index (κ2) is 8.23. The molecule has 2 aliphatic rings. The molecular weight excluding hydrogens is 364 g/mol. The molecule has 0 N–H and O–H groups in total. The molecule has 0 spiro atoms. The molecule has 0 unspecified atom stereocenters. The summed E-state index contributed by atoms with van der Waals surface area (Å²) in [5, 5.41) is 1.19. The maximum absolute atomic E-state index is 12.9. The summed E-state index contributed by atoms with van der Waals surface area (Å²) in [7, 11) is 2.10. The number of aryl methyl sites for hydroxylation is 3. The van der Waals surface area contributed by atoms with Crippen molar-refractivity contribution in [2.45, 2.75) is 46.5 Å². The van der Waals surface area contributed by atoms with Crippen LogP contribution in [0.25, 0.3) is 16.5 Å². The number of ether oxygens (including phenoxy) is 1. The zero-order valence-corrected chi connectivity index (χ0v) is 18.1. The van der Waals surface area contributed by atoms with Crippen molar-refractivity contribution in [1.29, 1.82) is 0 Å². The monoisotopic (exact) mass is 396 g/mol. The Morgan fingerprint density at radius 3 is 2.66 bits per heavy atom. The largest absolute Gasteiger partial charge is 0.493 e. The lowest BCUT2D eigenvalue weighted by atomic mass is 9.93. The molecule has 1 fully saturated rings. The van der Waals surface area contributed by atoms with Gasteiger partial charge >= 0.3 is 0 Å².